The van der Waals surface area contributed by atoms with E-state index in [4.69, 9.17) is 19.8 Å². The minimum Gasteiger partial charge on any atom is -0.378 e. The highest BCUT2D eigenvalue weighted by atomic mass is 16.5. The van der Waals surface area contributed by atoms with Crippen molar-refractivity contribution in [1.82, 2.24) is 29.6 Å². The Morgan fingerprint density at radius 3 is 2.74 bits per heavy atom. The van der Waals surface area contributed by atoms with Crippen LogP contribution in [0.3, 0.4) is 0 Å². The molecule has 162 valence electrons. The van der Waals surface area contributed by atoms with Crippen molar-refractivity contribution < 1.29 is 4.74 Å². The molecule has 1 fully saturated rings. The third-order valence-electron chi connectivity index (χ3n) is 6.13. The maximum absolute atomic E-state index is 5.54. The van der Waals surface area contributed by atoms with Crippen molar-refractivity contribution in [2.75, 3.05) is 50.8 Å². The number of nitrogens with zero attached hydrogens (tertiary/aromatic N) is 6. The highest BCUT2D eigenvalue weighted by Gasteiger charge is 2.20. The van der Waals surface area contributed by atoms with E-state index in [2.05, 4.69) is 52.9 Å². The zero-order valence-electron chi connectivity index (χ0n) is 18.2. The molecule has 3 aromatic heterocycles. The number of likely N-dealkylation sites (N-methyl/N-ethyl adjacent to an activating group) is 1. The van der Waals surface area contributed by atoms with Crippen LogP contribution >= 0.6 is 0 Å². The van der Waals surface area contributed by atoms with Gasteiger partial charge in [0.25, 0.3) is 0 Å². The molecule has 0 atom stereocenters. The van der Waals surface area contributed by atoms with Gasteiger partial charge in [-0.25, -0.2) is 9.67 Å². The summed E-state index contributed by atoms with van der Waals surface area (Å²) in [6.45, 7) is 11.2. The lowest BCUT2D eigenvalue weighted by molar-refractivity contribution is 0.122. The van der Waals surface area contributed by atoms with Crippen LogP contribution in [-0.2, 0) is 11.3 Å². The van der Waals surface area contributed by atoms with E-state index >= 15 is 0 Å². The molecule has 1 saturated heterocycles. The summed E-state index contributed by atoms with van der Waals surface area (Å²) in [4.78, 5) is 17.9. The fourth-order valence-corrected chi connectivity index (χ4v) is 4.20. The van der Waals surface area contributed by atoms with E-state index in [0.717, 1.165) is 73.0 Å². The molecular weight excluding hydrogens is 390 g/mol. The molecule has 0 radical (unpaired) electrons. The minimum atomic E-state index is 0.701. The van der Waals surface area contributed by atoms with Crippen molar-refractivity contribution in [2.24, 2.45) is 0 Å². The molecule has 5 rings (SSSR count). The first-order valence-corrected chi connectivity index (χ1v) is 11.1. The predicted octanol–water partition coefficient (Wildman–Crippen LogP) is 3.15. The van der Waals surface area contributed by atoms with Gasteiger partial charge >= 0.3 is 0 Å². The molecule has 0 amide bonds. The minimum absolute atomic E-state index is 0.701. The van der Waals surface area contributed by atoms with Crippen molar-refractivity contribution in [3.8, 4) is 11.3 Å². The van der Waals surface area contributed by atoms with Crippen LogP contribution in [0.1, 0.15) is 13.8 Å². The van der Waals surface area contributed by atoms with Crippen molar-refractivity contribution in [3.05, 3.63) is 36.7 Å². The first kappa shape index (κ1) is 20.0. The molecule has 0 unspecified atom stereocenters. The first-order valence-electron chi connectivity index (χ1n) is 11.1. The summed E-state index contributed by atoms with van der Waals surface area (Å²) in [5, 5.41) is 6.88. The third-order valence-corrected chi connectivity index (χ3v) is 6.13. The molecule has 8 nitrogen and oxygen atoms in total. The van der Waals surface area contributed by atoms with E-state index in [0.29, 0.717) is 13.2 Å². The monoisotopic (exact) mass is 419 g/mol. The van der Waals surface area contributed by atoms with E-state index in [1.165, 1.54) is 5.39 Å². The Kier molecular flexibility index (Phi) is 5.57. The zero-order valence-corrected chi connectivity index (χ0v) is 18.2. The third kappa shape index (κ3) is 3.88. The second-order valence-corrected chi connectivity index (χ2v) is 7.88. The van der Waals surface area contributed by atoms with Crippen molar-refractivity contribution in [3.63, 3.8) is 0 Å². The molecule has 4 aromatic rings. The van der Waals surface area contributed by atoms with Gasteiger partial charge in [-0.3, -0.25) is 0 Å². The van der Waals surface area contributed by atoms with Crippen LogP contribution < -0.4 is 4.90 Å². The van der Waals surface area contributed by atoms with Gasteiger partial charge in [-0.2, -0.15) is 10.1 Å². The normalized spacial score (nSPS) is 14.9. The average Bonchev–Trinajstić information content (AvgIpc) is 3.46. The van der Waals surface area contributed by atoms with Crippen LogP contribution in [-0.4, -0.2) is 75.6 Å². The molecule has 1 aliphatic rings. The van der Waals surface area contributed by atoms with Gasteiger partial charge in [0, 0.05) is 36.9 Å². The molecular formula is C23H29N7O. The molecule has 0 saturated carbocycles. The molecule has 0 aliphatic carbocycles. The van der Waals surface area contributed by atoms with Gasteiger partial charge in [-0.1, -0.05) is 26.0 Å². The van der Waals surface area contributed by atoms with Crippen LogP contribution in [0.2, 0.25) is 0 Å². The largest absolute Gasteiger partial charge is 0.378 e. The lowest BCUT2D eigenvalue weighted by Gasteiger charge is -2.27. The number of anilines is 1. The summed E-state index contributed by atoms with van der Waals surface area (Å²) >= 11 is 0. The van der Waals surface area contributed by atoms with Gasteiger partial charge in [0.15, 0.2) is 5.65 Å². The van der Waals surface area contributed by atoms with Gasteiger partial charge < -0.3 is 19.5 Å². The van der Waals surface area contributed by atoms with Gasteiger partial charge in [0.05, 0.1) is 37.0 Å². The number of rotatable bonds is 7. The van der Waals surface area contributed by atoms with Crippen LogP contribution in [0.15, 0.2) is 36.7 Å². The van der Waals surface area contributed by atoms with Crippen molar-refractivity contribution >= 4 is 27.9 Å². The molecule has 31 heavy (non-hydrogen) atoms. The van der Waals surface area contributed by atoms with E-state index in [1.807, 2.05) is 17.1 Å². The zero-order chi connectivity index (χ0) is 21.2. The molecule has 4 heterocycles. The van der Waals surface area contributed by atoms with Crippen molar-refractivity contribution in [1.29, 1.82) is 0 Å². The number of nitrogens with one attached hydrogen (secondary N) is 1. The Bertz CT molecular complexity index is 1170. The second-order valence-electron chi connectivity index (χ2n) is 7.88. The van der Waals surface area contributed by atoms with E-state index in [9.17, 15) is 0 Å². The maximum atomic E-state index is 5.54. The predicted molar refractivity (Wildman–Crippen MR) is 123 cm³/mol. The van der Waals surface area contributed by atoms with Gasteiger partial charge in [-0.15, -0.1) is 0 Å². The molecule has 0 spiro atoms. The molecule has 1 aliphatic heterocycles. The summed E-state index contributed by atoms with van der Waals surface area (Å²) < 4.78 is 7.56. The topological polar surface area (TPSA) is 75.1 Å². The van der Waals surface area contributed by atoms with E-state index in [1.54, 1.807) is 0 Å². The lowest BCUT2D eigenvalue weighted by atomic mass is 10.1. The highest BCUT2D eigenvalue weighted by molar-refractivity contribution is 5.94. The summed E-state index contributed by atoms with van der Waals surface area (Å²) in [6, 6.07) is 8.51. The summed E-state index contributed by atoms with van der Waals surface area (Å²) in [7, 11) is 0. The number of ether oxygens (including phenoxy) is 1. The fraction of sp³-hybridized carbons (Fsp3) is 0.435. The van der Waals surface area contributed by atoms with Crippen LogP contribution in [0.4, 0.5) is 5.95 Å². The summed E-state index contributed by atoms with van der Waals surface area (Å²) in [5.41, 5.74) is 3.99. The first-order chi connectivity index (χ1) is 15.3. The number of benzene rings is 1. The molecule has 1 aromatic carbocycles. The standard InChI is InChI=1S/C23H29N7O/c1-3-28(4-2)9-10-30-22-19(16-25-30)21(18-6-5-17-7-8-24-20(17)15-18)26-23(27-22)29-11-13-31-14-12-29/h5-8,15-16,24H,3-4,9-14H2,1-2H3. The Balaban J connectivity index is 1.60. The van der Waals surface area contributed by atoms with Gasteiger partial charge in [0.2, 0.25) is 5.95 Å². The lowest BCUT2D eigenvalue weighted by Crippen LogP contribution is -2.37. The quantitative estimate of drug-likeness (QED) is 0.496. The summed E-state index contributed by atoms with van der Waals surface area (Å²) in [6.07, 6.45) is 3.88. The SMILES string of the molecule is CCN(CC)CCn1ncc2c(-c3ccc4cc[nH]c4c3)nc(N3CCOCC3)nc21. The smallest absolute Gasteiger partial charge is 0.228 e. The van der Waals surface area contributed by atoms with E-state index in [-0.39, 0.29) is 0 Å². The number of fused-ring (bicyclic) bond motifs is 2. The van der Waals surface area contributed by atoms with E-state index < -0.39 is 0 Å². The van der Waals surface area contributed by atoms with Crippen LogP contribution in [0.5, 0.6) is 0 Å². The van der Waals surface area contributed by atoms with Crippen molar-refractivity contribution in [2.45, 2.75) is 20.4 Å². The molecule has 8 heteroatoms. The Morgan fingerprint density at radius 1 is 1.10 bits per heavy atom. The van der Waals surface area contributed by atoms with Crippen LogP contribution in [0, 0.1) is 0 Å². The molecule has 1 N–H and O–H groups in total. The van der Waals surface area contributed by atoms with Gasteiger partial charge in [0.1, 0.15) is 0 Å². The fourth-order valence-electron chi connectivity index (χ4n) is 4.20. The Hall–Kier alpha value is -2.97. The highest BCUT2D eigenvalue weighted by Crippen LogP contribution is 2.30. The number of hydrogen-bond acceptors (Lipinski definition) is 6. The Labute approximate surface area is 181 Å². The average molecular weight is 420 g/mol. The second kappa shape index (κ2) is 8.64. The summed E-state index contributed by atoms with van der Waals surface area (Å²) in [5.74, 6) is 0.752. The number of H-pyrrole nitrogens is 1. The number of hydrogen-bond donors (Lipinski definition) is 1. The molecule has 0 bridgehead atoms. The van der Waals surface area contributed by atoms with Crippen LogP contribution in [0.25, 0.3) is 33.2 Å². The number of morpholine rings is 1. The van der Waals surface area contributed by atoms with Gasteiger partial charge in [-0.05, 0) is 30.6 Å². The number of aromatic nitrogens is 5. The number of aromatic amines is 1. The Morgan fingerprint density at radius 2 is 1.94 bits per heavy atom. The maximum Gasteiger partial charge on any atom is 0.228 e.